The first-order valence-corrected chi connectivity index (χ1v) is 13.6. The highest BCUT2D eigenvalue weighted by Gasteiger charge is 2.51. The summed E-state index contributed by atoms with van der Waals surface area (Å²) in [6.45, 7) is 10.8. The normalized spacial score (nSPS) is 12.1. The molecule has 0 aliphatic carbocycles. The van der Waals surface area contributed by atoms with E-state index in [4.69, 9.17) is 13.9 Å². The Labute approximate surface area is 205 Å². The smallest absolute Gasteiger partial charge is 0.323 e. The minimum atomic E-state index is -2.69. The first-order chi connectivity index (χ1) is 16.2. The summed E-state index contributed by atoms with van der Waals surface area (Å²) in [5.41, 5.74) is -1.37. The maximum Gasteiger partial charge on any atom is 0.323 e. The number of ether oxygens (including phenoxy) is 2. The van der Waals surface area contributed by atoms with E-state index in [9.17, 15) is 9.59 Å². The van der Waals surface area contributed by atoms with Crippen LogP contribution in [0.3, 0.4) is 0 Å². The van der Waals surface area contributed by atoms with Crippen molar-refractivity contribution >= 4 is 30.6 Å². The van der Waals surface area contributed by atoms with Gasteiger partial charge < -0.3 is 13.9 Å². The lowest BCUT2D eigenvalue weighted by atomic mass is 9.79. The van der Waals surface area contributed by atoms with Crippen molar-refractivity contribution in [1.82, 2.24) is 0 Å². The van der Waals surface area contributed by atoms with E-state index in [0.717, 1.165) is 0 Å². The van der Waals surface area contributed by atoms with Crippen LogP contribution in [0.15, 0.2) is 73.3 Å². The van der Waals surface area contributed by atoms with Crippen molar-refractivity contribution in [2.45, 2.75) is 51.5 Å². The number of hydrogen-bond acceptors (Lipinski definition) is 5. The molecule has 0 aliphatic rings. The van der Waals surface area contributed by atoms with Crippen LogP contribution in [0.2, 0.25) is 5.04 Å². The fourth-order valence-corrected chi connectivity index (χ4v) is 9.32. The molecule has 2 rings (SSSR count). The molecule has 0 atom stereocenters. The lowest BCUT2D eigenvalue weighted by Gasteiger charge is -2.43. The van der Waals surface area contributed by atoms with Crippen LogP contribution >= 0.6 is 0 Å². The first kappa shape index (κ1) is 27.5. The Balaban J connectivity index is 2.39. The molecule has 0 N–H and O–H groups in total. The molecular weight excluding hydrogens is 444 g/mol. The van der Waals surface area contributed by atoms with Crippen molar-refractivity contribution in [3.05, 3.63) is 73.3 Å². The van der Waals surface area contributed by atoms with Gasteiger partial charge in [0.15, 0.2) is 5.41 Å². The lowest BCUT2D eigenvalue weighted by molar-refractivity contribution is -0.170. The van der Waals surface area contributed by atoms with E-state index in [0.29, 0.717) is 19.4 Å². The Kier molecular flexibility index (Phi) is 9.83. The van der Waals surface area contributed by atoms with E-state index < -0.39 is 25.7 Å². The highest BCUT2D eigenvalue weighted by atomic mass is 28.4. The summed E-state index contributed by atoms with van der Waals surface area (Å²) in [6, 6.07) is 20.8. The monoisotopic (exact) mass is 482 g/mol. The maximum atomic E-state index is 12.7. The maximum absolute atomic E-state index is 12.7. The van der Waals surface area contributed by atoms with Crippen molar-refractivity contribution in [3.8, 4) is 0 Å². The molecule has 5 nitrogen and oxygen atoms in total. The van der Waals surface area contributed by atoms with Crippen LogP contribution in [0, 0.1) is 5.41 Å². The van der Waals surface area contributed by atoms with Crippen LogP contribution in [0.25, 0.3) is 0 Å². The van der Waals surface area contributed by atoms with Crippen molar-refractivity contribution < 1.29 is 23.5 Å². The number of methoxy groups -OCH3 is 2. The van der Waals surface area contributed by atoms with Gasteiger partial charge in [0.1, 0.15) is 0 Å². The fourth-order valence-electron chi connectivity index (χ4n) is 4.72. The average molecular weight is 483 g/mol. The van der Waals surface area contributed by atoms with Gasteiger partial charge in [0, 0.05) is 6.61 Å². The molecule has 6 heteroatoms. The Morgan fingerprint density at radius 2 is 1.32 bits per heavy atom. The summed E-state index contributed by atoms with van der Waals surface area (Å²) >= 11 is 0. The van der Waals surface area contributed by atoms with Crippen LogP contribution in [0.5, 0.6) is 0 Å². The molecule has 0 saturated heterocycles. The van der Waals surface area contributed by atoms with Gasteiger partial charge in [0.05, 0.1) is 14.2 Å². The largest absolute Gasteiger partial charge is 0.468 e. The number of carbonyl (C=O) groups is 2. The summed E-state index contributed by atoms with van der Waals surface area (Å²) < 4.78 is 16.9. The minimum absolute atomic E-state index is 0.152. The van der Waals surface area contributed by atoms with Crippen LogP contribution in [-0.4, -0.2) is 41.1 Å². The van der Waals surface area contributed by atoms with Gasteiger partial charge in [-0.05, 0) is 41.1 Å². The van der Waals surface area contributed by atoms with Crippen LogP contribution in [0.4, 0.5) is 0 Å². The molecule has 0 fully saturated rings. The van der Waals surface area contributed by atoms with Gasteiger partial charge in [-0.15, -0.1) is 6.58 Å². The SMILES string of the molecule is C=CCCC(CCCO[Si](c1ccccc1)(c1ccccc1)C(C)(C)C)(C(=O)OC)C(=O)OC. The van der Waals surface area contributed by atoms with Gasteiger partial charge in [-0.2, -0.15) is 0 Å². The lowest BCUT2D eigenvalue weighted by Crippen LogP contribution is -2.66. The third-order valence-electron chi connectivity index (χ3n) is 6.41. The number of allylic oxidation sites excluding steroid dienone is 1. The van der Waals surface area contributed by atoms with E-state index in [2.05, 4.69) is 51.6 Å². The van der Waals surface area contributed by atoms with Crippen molar-refractivity contribution in [1.29, 1.82) is 0 Å². The van der Waals surface area contributed by atoms with Gasteiger partial charge in [-0.25, -0.2) is 0 Å². The number of hydrogen-bond donors (Lipinski definition) is 0. The zero-order valence-electron chi connectivity index (χ0n) is 21.1. The zero-order chi connectivity index (χ0) is 25.2. The topological polar surface area (TPSA) is 61.8 Å². The average Bonchev–Trinajstić information content (AvgIpc) is 2.85. The zero-order valence-corrected chi connectivity index (χ0v) is 22.1. The second-order valence-electron chi connectivity index (χ2n) is 9.51. The van der Waals surface area contributed by atoms with E-state index >= 15 is 0 Å². The molecule has 0 bridgehead atoms. The third kappa shape index (κ3) is 5.67. The van der Waals surface area contributed by atoms with Crippen LogP contribution in [-0.2, 0) is 23.5 Å². The number of carbonyl (C=O) groups excluding carboxylic acids is 2. The number of rotatable bonds is 12. The summed E-state index contributed by atoms with van der Waals surface area (Å²) in [7, 11) is -0.0938. The van der Waals surface area contributed by atoms with Crippen molar-refractivity contribution in [2.24, 2.45) is 5.41 Å². The first-order valence-electron chi connectivity index (χ1n) is 11.7. The molecule has 0 unspecified atom stereocenters. The minimum Gasteiger partial charge on any atom is -0.468 e. The van der Waals surface area contributed by atoms with Gasteiger partial charge in [0.25, 0.3) is 8.32 Å². The van der Waals surface area contributed by atoms with E-state index in [-0.39, 0.29) is 17.9 Å². The number of esters is 2. The molecular formula is C28H38O5Si. The molecule has 0 spiro atoms. The van der Waals surface area contributed by atoms with Crippen molar-refractivity contribution in [2.75, 3.05) is 20.8 Å². The summed E-state index contributed by atoms with van der Waals surface area (Å²) in [5, 5.41) is 2.22. The molecule has 184 valence electrons. The summed E-state index contributed by atoms with van der Waals surface area (Å²) in [5.74, 6) is -1.15. The molecule has 0 heterocycles. The molecule has 0 radical (unpaired) electrons. The Hall–Kier alpha value is -2.70. The fraction of sp³-hybridized carbons (Fsp3) is 0.429. The van der Waals surface area contributed by atoms with Crippen LogP contribution < -0.4 is 10.4 Å². The quantitative estimate of drug-likeness (QED) is 0.145. The Morgan fingerprint density at radius 3 is 1.71 bits per heavy atom. The summed E-state index contributed by atoms with van der Waals surface area (Å²) in [4.78, 5) is 25.5. The molecule has 0 aromatic heterocycles. The number of benzene rings is 2. The molecule has 0 aliphatic heterocycles. The Morgan fingerprint density at radius 1 is 0.853 bits per heavy atom. The van der Waals surface area contributed by atoms with Gasteiger partial charge in [-0.1, -0.05) is 87.5 Å². The molecule has 0 amide bonds. The molecule has 2 aromatic carbocycles. The molecule has 2 aromatic rings. The van der Waals surface area contributed by atoms with Crippen molar-refractivity contribution in [3.63, 3.8) is 0 Å². The van der Waals surface area contributed by atoms with Crippen LogP contribution in [0.1, 0.15) is 46.5 Å². The van der Waals surface area contributed by atoms with Gasteiger partial charge in [0.2, 0.25) is 0 Å². The van der Waals surface area contributed by atoms with E-state index in [1.807, 2.05) is 36.4 Å². The summed E-state index contributed by atoms with van der Waals surface area (Å²) in [6.07, 6.45) is 3.26. The Bertz CT molecular complexity index is 879. The molecule has 0 saturated carbocycles. The van der Waals surface area contributed by atoms with Gasteiger partial charge >= 0.3 is 11.9 Å². The van der Waals surface area contributed by atoms with E-state index in [1.165, 1.54) is 24.6 Å². The highest BCUT2D eigenvalue weighted by Crippen LogP contribution is 2.38. The predicted octanol–water partition coefficient (Wildman–Crippen LogP) is 4.64. The van der Waals surface area contributed by atoms with Gasteiger partial charge in [-0.3, -0.25) is 9.59 Å². The third-order valence-corrected chi connectivity index (χ3v) is 11.5. The second kappa shape index (κ2) is 12.1. The van der Waals surface area contributed by atoms with E-state index in [1.54, 1.807) is 6.08 Å². The predicted molar refractivity (Wildman–Crippen MR) is 139 cm³/mol. The molecule has 34 heavy (non-hydrogen) atoms. The highest BCUT2D eigenvalue weighted by molar-refractivity contribution is 6.99. The standard InChI is InChI=1S/C28H38O5Si/c1-7-8-20-28(25(29)31-5,26(30)32-6)21-15-22-33-34(27(2,3)4,23-16-11-9-12-17-23)24-18-13-10-14-19-24/h7,9-14,16-19H,1,8,15,20-22H2,2-6H3. The second-order valence-corrected chi connectivity index (χ2v) is 13.8.